The van der Waals surface area contributed by atoms with Crippen molar-refractivity contribution in [2.24, 2.45) is 0 Å². The van der Waals surface area contributed by atoms with Crippen LogP contribution in [0.15, 0.2) is 49.4 Å². The van der Waals surface area contributed by atoms with Crippen LogP contribution in [0, 0.1) is 6.92 Å². The summed E-state index contributed by atoms with van der Waals surface area (Å²) in [5, 5.41) is 7.70. The monoisotopic (exact) mass is 563 g/mol. The molecule has 6 rings (SSSR count). The first-order chi connectivity index (χ1) is 19.8. The van der Waals surface area contributed by atoms with Crippen molar-refractivity contribution in [1.29, 1.82) is 0 Å². The number of nitrogens with one attached hydrogen (secondary N) is 1. The fraction of sp³-hybridized carbons (Fsp3) is 0.333. The molecule has 0 unspecified atom stereocenters. The van der Waals surface area contributed by atoms with Crippen molar-refractivity contribution in [3.05, 3.63) is 55.0 Å². The molecule has 1 fully saturated rings. The van der Waals surface area contributed by atoms with Crippen molar-refractivity contribution in [2.45, 2.75) is 32.3 Å². The number of aromatic nitrogens is 7. The third-order valence-electron chi connectivity index (χ3n) is 6.67. The number of anilines is 2. The lowest BCUT2D eigenvalue weighted by molar-refractivity contribution is -0.135. The Balaban J connectivity index is 1.32. The number of nitrogens with zero attached hydrogens (tertiary/aromatic N) is 8. The van der Waals surface area contributed by atoms with Gasteiger partial charge in [0.1, 0.15) is 30.5 Å². The number of rotatable bonds is 8. The molecule has 1 saturated heterocycles. The highest BCUT2D eigenvalue weighted by Gasteiger charge is 2.46. The van der Waals surface area contributed by atoms with Gasteiger partial charge in [0.15, 0.2) is 17.5 Å². The van der Waals surface area contributed by atoms with Crippen molar-refractivity contribution >= 4 is 28.1 Å². The number of aryl methyl sites for hydroxylation is 1. The third-order valence-corrected chi connectivity index (χ3v) is 6.67. The second kappa shape index (κ2) is 10.7. The molecule has 1 N–H and O–H groups in total. The predicted molar refractivity (Wildman–Crippen MR) is 145 cm³/mol. The molecule has 5 aromatic rings. The number of pyridine rings is 1. The van der Waals surface area contributed by atoms with Crippen LogP contribution in [0.1, 0.15) is 18.9 Å². The standard InChI is InChI=1S/C27H27F2N9O3/c1-4-39-26-24(41-20-7-8-37(3)12-27(20,28)29)23-18(11-30-26)31-13-33-25(23)36-17-5-6-19(16(2)9-17)40-22-10-21-32-14-35-38(21)15-34-22/h5-6,9-11,13-15,20H,4,7-8,12H2,1-3H3,(H,31,33,36)/t20-/m0/s1. The molecule has 1 aliphatic rings. The first-order valence-electron chi connectivity index (χ1n) is 13.0. The summed E-state index contributed by atoms with van der Waals surface area (Å²) in [7, 11) is 1.66. The quantitative estimate of drug-likeness (QED) is 0.288. The Morgan fingerprint density at radius 3 is 2.78 bits per heavy atom. The van der Waals surface area contributed by atoms with Crippen molar-refractivity contribution in [1.82, 2.24) is 39.4 Å². The van der Waals surface area contributed by atoms with E-state index < -0.39 is 18.6 Å². The van der Waals surface area contributed by atoms with Crippen LogP contribution in [0.25, 0.3) is 16.6 Å². The predicted octanol–water partition coefficient (Wildman–Crippen LogP) is 4.42. The largest absolute Gasteiger partial charge is 0.478 e. The highest BCUT2D eigenvalue weighted by atomic mass is 19.3. The molecule has 41 heavy (non-hydrogen) atoms. The van der Waals surface area contributed by atoms with Gasteiger partial charge in [-0.2, -0.15) is 5.10 Å². The molecule has 0 saturated carbocycles. The summed E-state index contributed by atoms with van der Waals surface area (Å²) < 4.78 is 49.1. The highest BCUT2D eigenvalue weighted by molar-refractivity contribution is 5.96. The van der Waals surface area contributed by atoms with E-state index in [1.54, 1.807) is 31.0 Å². The first-order valence-corrected chi connectivity index (χ1v) is 13.0. The van der Waals surface area contributed by atoms with Gasteiger partial charge in [0.05, 0.1) is 30.3 Å². The van der Waals surface area contributed by atoms with Crippen LogP contribution in [-0.4, -0.2) is 78.2 Å². The Kier molecular flexibility index (Phi) is 6.91. The Labute approximate surface area is 233 Å². The zero-order valence-corrected chi connectivity index (χ0v) is 22.6. The summed E-state index contributed by atoms with van der Waals surface area (Å²) in [6.45, 7) is 4.01. The van der Waals surface area contributed by atoms with E-state index in [1.165, 1.54) is 29.7 Å². The van der Waals surface area contributed by atoms with Gasteiger partial charge in [-0.15, -0.1) is 0 Å². The summed E-state index contributed by atoms with van der Waals surface area (Å²) in [5.74, 6) is -1.56. The molecule has 0 radical (unpaired) electrons. The summed E-state index contributed by atoms with van der Waals surface area (Å²) >= 11 is 0. The smallest absolute Gasteiger partial charge is 0.296 e. The average Bonchev–Trinajstić information content (AvgIpc) is 3.41. The zero-order valence-electron chi connectivity index (χ0n) is 22.6. The van der Waals surface area contributed by atoms with Crippen molar-refractivity contribution in [3.63, 3.8) is 0 Å². The Hall–Kier alpha value is -4.72. The molecule has 5 heterocycles. The van der Waals surface area contributed by atoms with Crippen molar-refractivity contribution in [2.75, 3.05) is 32.1 Å². The van der Waals surface area contributed by atoms with Gasteiger partial charge in [0.25, 0.3) is 11.8 Å². The Morgan fingerprint density at radius 1 is 1.10 bits per heavy atom. The van der Waals surface area contributed by atoms with Gasteiger partial charge in [-0.05, 0) is 44.7 Å². The molecule has 12 nitrogen and oxygen atoms in total. The molecule has 1 atom stereocenters. The number of likely N-dealkylation sites (tertiary alicyclic amines) is 1. The topological polar surface area (TPSA) is 125 Å². The summed E-state index contributed by atoms with van der Waals surface area (Å²) in [6.07, 6.45) is 4.62. The molecule has 0 amide bonds. The van der Waals surface area contributed by atoms with Crippen LogP contribution < -0.4 is 19.5 Å². The average molecular weight is 564 g/mol. The second-order valence-corrected chi connectivity index (χ2v) is 9.70. The van der Waals surface area contributed by atoms with E-state index in [0.29, 0.717) is 46.2 Å². The molecule has 4 aromatic heterocycles. The maximum atomic E-state index is 15.0. The minimum absolute atomic E-state index is 0.0771. The van der Waals surface area contributed by atoms with Crippen molar-refractivity contribution in [3.8, 4) is 23.3 Å². The lowest BCUT2D eigenvalue weighted by Crippen LogP contribution is -2.52. The summed E-state index contributed by atoms with van der Waals surface area (Å²) in [6, 6.07) is 7.16. The van der Waals surface area contributed by atoms with E-state index in [0.717, 1.165) is 5.56 Å². The maximum Gasteiger partial charge on any atom is 0.296 e. The molecule has 0 aliphatic carbocycles. The number of alkyl halides is 2. The van der Waals surface area contributed by atoms with E-state index in [4.69, 9.17) is 14.2 Å². The molecule has 14 heteroatoms. The van der Waals surface area contributed by atoms with E-state index >= 15 is 0 Å². The van der Waals surface area contributed by atoms with Crippen LogP contribution in [0.2, 0.25) is 0 Å². The van der Waals surface area contributed by atoms with Gasteiger partial charge in [0, 0.05) is 24.7 Å². The molecule has 0 spiro atoms. The molecule has 0 bridgehead atoms. The van der Waals surface area contributed by atoms with Gasteiger partial charge < -0.3 is 24.4 Å². The Morgan fingerprint density at radius 2 is 1.98 bits per heavy atom. The van der Waals surface area contributed by atoms with E-state index in [1.807, 2.05) is 19.1 Å². The van der Waals surface area contributed by atoms with Gasteiger partial charge in [0.2, 0.25) is 5.88 Å². The summed E-state index contributed by atoms with van der Waals surface area (Å²) in [4.78, 5) is 23.0. The lowest BCUT2D eigenvalue weighted by Gasteiger charge is -2.36. The SMILES string of the molecule is CCOc1ncc2ncnc(Nc3ccc(Oc4cc5ncnn5cn4)c(C)c3)c2c1O[C@H]1CCN(C)CC1(F)F. The number of ether oxygens (including phenoxy) is 3. The van der Waals surface area contributed by atoms with Crippen LogP contribution in [0.4, 0.5) is 20.3 Å². The third kappa shape index (κ3) is 5.37. The molecular weight excluding hydrogens is 536 g/mol. The number of hydrogen-bond acceptors (Lipinski definition) is 11. The van der Waals surface area contributed by atoms with Gasteiger partial charge in [-0.1, -0.05) is 0 Å². The molecular formula is C27H27F2N9O3. The number of halogens is 2. The van der Waals surface area contributed by atoms with Gasteiger partial charge in [-0.25, -0.2) is 38.2 Å². The minimum atomic E-state index is -3.07. The fourth-order valence-electron chi connectivity index (χ4n) is 4.68. The number of piperidine rings is 1. The minimum Gasteiger partial charge on any atom is -0.478 e. The van der Waals surface area contributed by atoms with E-state index in [2.05, 4.69) is 35.3 Å². The number of fused-ring (bicyclic) bond motifs is 2. The summed E-state index contributed by atoms with van der Waals surface area (Å²) in [5.41, 5.74) is 2.53. The second-order valence-electron chi connectivity index (χ2n) is 9.70. The first kappa shape index (κ1) is 26.5. The normalized spacial score (nSPS) is 17.0. The highest BCUT2D eigenvalue weighted by Crippen LogP contribution is 2.41. The van der Waals surface area contributed by atoms with Gasteiger partial charge in [-0.3, -0.25) is 0 Å². The Bertz CT molecular complexity index is 1710. The van der Waals surface area contributed by atoms with E-state index in [-0.39, 0.29) is 24.7 Å². The molecule has 1 aliphatic heterocycles. The molecule has 1 aromatic carbocycles. The lowest BCUT2D eigenvalue weighted by atomic mass is 10.0. The van der Waals surface area contributed by atoms with Gasteiger partial charge >= 0.3 is 0 Å². The van der Waals surface area contributed by atoms with Crippen LogP contribution in [0.3, 0.4) is 0 Å². The van der Waals surface area contributed by atoms with E-state index in [9.17, 15) is 8.78 Å². The molecule has 212 valence electrons. The van der Waals surface area contributed by atoms with Crippen LogP contribution in [-0.2, 0) is 0 Å². The maximum absolute atomic E-state index is 15.0. The number of benzene rings is 1. The zero-order chi connectivity index (χ0) is 28.6. The van der Waals surface area contributed by atoms with Crippen LogP contribution >= 0.6 is 0 Å². The van der Waals surface area contributed by atoms with Crippen LogP contribution in [0.5, 0.6) is 23.3 Å². The fourth-order valence-corrected chi connectivity index (χ4v) is 4.68. The number of hydrogen-bond donors (Lipinski definition) is 1. The van der Waals surface area contributed by atoms with Crippen molar-refractivity contribution < 1.29 is 23.0 Å².